The lowest BCUT2D eigenvalue weighted by atomic mass is 9.71. The van der Waals surface area contributed by atoms with Crippen LogP contribution in [0.2, 0.25) is 0 Å². The maximum absolute atomic E-state index is 12.4. The molecule has 81 heavy (non-hydrogen) atoms. The number of carbonyl (C=O) groups excluding carboxylic acids is 2. The predicted molar refractivity (Wildman–Crippen MR) is 310 cm³/mol. The zero-order valence-corrected chi connectivity index (χ0v) is 47.7. The van der Waals surface area contributed by atoms with Crippen molar-refractivity contribution < 1.29 is 62.2 Å². The minimum atomic E-state index is -4.67. The van der Waals surface area contributed by atoms with E-state index in [0.29, 0.717) is 56.5 Å². The molecule has 0 aromatic heterocycles. The summed E-state index contributed by atoms with van der Waals surface area (Å²) in [6.45, 7) is 1.73. The zero-order valence-electron chi connectivity index (χ0n) is 46.1. The highest BCUT2D eigenvalue weighted by molar-refractivity contribution is 7.79. The number of carboxylic acids is 1. The lowest BCUT2D eigenvalue weighted by Crippen LogP contribution is -2.48. The number of carboxylic acid groups (broad SMARTS) is 1. The van der Waals surface area contributed by atoms with E-state index in [-0.39, 0.29) is 55.2 Å². The van der Waals surface area contributed by atoms with Gasteiger partial charge in [-0.2, -0.15) is 13.7 Å². The number of ether oxygens (including phenoxy) is 2. The second kappa shape index (κ2) is 30.8. The topological polar surface area (TPSA) is 270 Å². The summed E-state index contributed by atoms with van der Waals surface area (Å²) in [5.41, 5.74) is 2.95. The summed E-state index contributed by atoms with van der Waals surface area (Å²) in [4.78, 5) is 44.1. The van der Waals surface area contributed by atoms with Crippen LogP contribution in [0.25, 0.3) is 0 Å². The van der Waals surface area contributed by atoms with Crippen molar-refractivity contribution in [2.24, 2.45) is 0 Å². The Balaban J connectivity index is 0.000000217. The second-order valence-corrected chi connectivity index (χ2v) is 22.4. The number of esters is 2. The Morgan fingerprint density at radius 3 is 1.25 bits per heavy atom. The molecule has 5 fully saturated rings. The Morgan fingerprint density at radius 1 is 0.617 bits per heavy atom. The molecule has 5 aromatic rings. The average molecular weight is 1160 g/mol. The maximum atomic E-state index is 12.4. The van der Waals surface area contributed by atoms with Crippen LogP contribution in [0, 0.1) is 11.3 Å². The number of likely N-dealkylation sites (tertiary alicyclic amines) is 1. The van der Waals surface area contributed by atoms with Gasteiger partial charge in [-0.3, -0.25) is 23.5 Å². The number of aliphatic hydroxyl groups is 2. The highest BCUT2D eigenvalue weighted by atomic mass is 35.5. The van der Waals surface area contributed by atoms with E-state index in [1.807, 2.05) is 152 Å². The van der Waals surface area contributed by atoms with E-state index in [9.17, 15) is 35.0 Å². The SMILES string of the molecule is CN1[C@@H]2CC[C@H]1CC(OC(=O)C(CO)c1ccccc1)C2.CN1[C@@H]2CC[C@H]1CC(OC(=O)C(CO)c1ccccc1)C2.Cl.N#CC(CCN1CCC(C(=O)O)(c2ccccc2)CC1)(c1ccccc1)c1ccccc1.O.O=S(=O)(O)O. The fourth-order valence-corrected chi connectivity index (χ4v) is 12.4. The van der Waals surface area contributed by atoms with Crippen molar-refractivity contribution in [3.05, 3.63) is 179 Å². The monoisotopic (exact) mass is 1150 g/mol. The van der Waals surface area contributed by atoms with Crippen LogP contribution in [0.3, 0.4) is 0 Å². The number of carbonyl (C=O) groups is 3. The molecule has 5 saturated heterocycles. The van der Waals surface area contributed by atoms with Gasteiger partial charge in [-0.15, -0.1) is 12.4 Å². The van der Waals surface area contributed by atoms with E-state index in [1.165, 1.54) is 25.7 Å². The van der Waals surface area contributed by atoms with Crippen LogP contribution in [0.4, 0.5) is 0 Å². The molecule has 0 aliphatic carbocycles. The molecule has 0 saturated carbocycles. The van der Waals surface area contributed by atoms with Crippen molar-refractivity contribution in [2.75, 3.05) is 46.9 Å². The van der Waals surface area contributed by atoms with E-state index in [4.69, 9.17) is 27.0 Å². The number of piperidine rings is 3. The number of hydrogen-bond donors (Lipinski definition) is 5. The normalized spacial score (nSPS) is 22.7. The third-order valence-electron chi connectivity index (χ3n) is 17.0. The van der Waals surface area contributed by atoms with Crippen molar-refractivity contribution in [1.29, 1.82) is 5.26 Å². The van der Waals surface area contributed by atoms with Crippen molar-refractivity contribution in [3.63, 3.8) is 0 Å². The highest BCUT2D eigenvalue weighted by Gasteiger charge is 2.45. The Labute approximate surface area is 482 Å². The van der Waals surface area contributed by atoms with Gasteiger partial charge in [0, 0.05) is 30.7 Å². The van der Waals surface area contributed by atoms with E-state index < -0.39 is 39.0 Å². The van der Waals surface area contributed by atoms with Crippen LogP contribution < -0.4 is 0 Å². The second-order valence-electron chi connectivity index (χ2n) is 21.5. The molecule has 5 aromatic carbocycles. The number of hydrogen-bond acceptors (Lipinski definition) is 13. The molecule has 438 valence electrons. The molecule has 5 heterocycles. The Morgan fingerprint density at radius 2 is 0.938 bits per heavy atom. The summed E-state index contributed by atoms with van der Waals surface area (Å²) in [7, 11) is -0.332. The number of halogens is 1. The van der Waals surface area contributed by atoms with E-state index in [1.54, 1.807) is 0 Å². The third-order valence-corrected chi connectivity index (χ3v) is 17.0. The number of nitrogens with zero attached hydrogens (tertiary/aromatic N) is 4. The maximum Gasteiger partial charge on any atom is 0.394 e. The van der Waals surface area contributed by atoms with Crippen molar-refractivity contribution in [2.45, 2.75) is 130 Å². The van der Waals surface area contributed by atoms with Gasteiger partial charge < -0.3 is 45.0 Å². The summed E-state index contributed by atoms with van der Waals surface area (Å²) in [5, 5.41) is 39.5. The average Bonchev–Trinajstić information content (AvgIpc) is 3.81. The minimum absolute atomic E-state index is 0. The van der Waals surface area contributed by atoms with Crippen molar-refractivity contribution >= 4 is 40.7 Å². The smallest absolute Gasteiger partial charge is 0.394 e. The molecule has 10 rings (SSSR count). The van der Waals surface area contributed by atoms with Gasteiger partial charge in [-0.25, -0.2) is 0 Å². The zero-order chi connectivity index (χ0) is 56.6. The molecule has 0 spiro atoms. The van der Waals surface area contributed by atoms with Gasteiger partial charge >= 0.3 is 28.3 Å². The molecule has 8 atom stereocenters. The Kier molecular flexibility index (Phi) is 25.0. The van der Waals surface area contributed by atoms with Gasteiger partial charge in [0.2, 0.25) is 0 Å². The first-order chi connectivity index (χ1) is 38.0. The summed E-state index contributed by atoms with van der Waals surface area (Å²) in [6, 6.07) is 53.1. The molecular weight excluding hydrogens is 1080 g/mol. The summed E-state index contributed by atoms with van der Waals surface area (Å²) in [6.07, 6.45) is 10.3. The molecule has 19 heteroatoms. The molecule has 4 unspecified atom stereocenters. The van der Waals surface area contributed by atoms with Gasteiger partial charge in [0.15, 0.2) is 0 Å². The molecule has 5 aliphatic heterocycles. The largest absolute Gasteiger partial charge is 0.481 e. The minimum Gasteiger partial charge on any atom is -0.481 e. The van der Waals surface area contributed by atoms with Crippen molar-refractivity contribution in [1.82, 2.24) is 14.7 Å². The summed E-state index contributed by atoms with van der Waals surface area (Å²) >= 11 is 0. The van der Waals surface area contributed by atoms with E-state index in [2.05, 4.69) is 34.9 Å². The molecule has 0 amide bonds. The van der Waals surface area contributed by atoms with Gasteiger partial charge in [-0.05, 0) is 126 Å². The number of benzene rings is 5. The Hall–Kier alpha value is -6.08. The van der Waals surface area contributed by atoms with E-state index in [0.717, 1.165) is 60.0 Å². The van der Waals surface area contributed by atoms with Crippen LogP contribution in [0.5, 0.6) is 0 Å². The quantitative estimate of drug-likeness (QED) is 0.0494. The Bertz CT molecular complexity index is 2700. The van der Waals surface area contributed by atoms with Gasteiger partial charge in [0.25, 0.3) is 0 Å². The van der Waals surface area contributed by atoms with Crippen LogP contribution in [-0.4, -0.2) is 154 Å². The summed E-state index contributed by atoms with van der Waals surface area (Å²) in [5.74, 6) is -2.47. The number of aliphatic hydroxyl groups excluding tert-OH is 2. The van der Waals surface area contributed by atoms with Gasteiger partial charge in [0.05, 0.1) is 24.7 Å². The standard InChI is InChI=1S/C28H28N2O2.2C17H23NO3.ClH.H2O4S.H2O/c29-22-28(24-12-6-2-7-13-24,25-14-8-3-9-15-25)18-21-30-19-16-27(17-20-30,26(31)32)23-10-4-1-5-11-23;2*1-18-13-7-8-14(18)10-15(9-13)21-17(20)16(11-19)12-5-3-2-4-6-12;;1-5(2,3)4;/h1-15H,16-21H2,(H,31,32);2*2-6,13-16,19H,7-11H2,1H3;1H;(H2,1,2,3,4);1H2/t;2*13-,14+,15?,16?;;;. The molecule has 0 radical (unpaired) electrons. The molecule has 4 bridgehead atoms. The van der Waals surface area contributed by atoms with Crippen LogP contribution in [-0.2, 0) is 45.1 Å². The van der Waals surface area contributed by atoms with Crippen LogP contribution in [0.1, 0.15) is 110 Å². The lowest BCUT2D eigenvalue weighted by Gasteiger charge is -2.40. The molecule has 5 aliphatic rings. The third kappa shape index (κ3) is 17.2. The van der Waals surface area contributed by atoms with Crippen LogP contribution >= 0.6 is 12.4 Å². The first-order valence-corrected chi connectivity index (χ1v) is 28.8. The van der Waals surface area contributed by atoms with Gasteiger partial charge in [0.1, 0.15) is 29.5 Å². The fraction of sp³-hybridized carbons (Fsp3) is 0.452. The predicted octanol–water partition coefficient (Wildman–Crippen LogP) is 7.81. The fourth-order valence-electron chi connectivity index (χ4n) is 12.4. The number of nitriles is 1. The first-order valence-electron chi connectivity index (χ1n) is 27.4. The number of rotatable bonds is 15. The molecular formula is C62H79ClN4O13S. The van der Waals surface area contributed by atoms with Crippen LogP contribution in [0.15, 0.2) is 152 Å². The van der Waals surface area contributed by atoms with E-state index >= 15 is 0 Å². The number of fused-ring (bicyclic) bond motifs is 4. The first kappa shape index (κ1) is 65.7. The lowest BCUT2D eigenvalue weighted by molar-refractivity contribution is -0.156. The highest BCUT2D eigenvalue weighted by Crippen LogP contribution is 2.40. The van der Waals surface area contributed by atoms with Crippen molar-refractivity contribution in [3.8, 4) is 6.07 Å². The molecule has 7 N–H and O–H groups in total. The number of aliphatic carboxylic acids is 1. The molecule has 17 nitrogen and oxygen atoms in total. The summed E-state index contributed by atoms with van der Waals surface area (Å²) < 4.78 is 43.0. The van der Waals surface area contributed by atoms with Gasteiger partial charge in [-0.1, -0.05) is 152 Å².